The van der Waals surface area contributed by atoms with Gasteiger partial charge in [-0.05, 0) is 42.9 Å². The van der Waals surface area contributed by atoms with Crippen LogP contribution in [0.3, 0.4) is 0 Å². The van der Waals surface area contributed by atoms with E-state index in [1.807, 2.05) is 18.2 Å². The molecule has 1 aromatic heterocycles. The smallest absolute Gasteiger partial charge is 0.275 e. The fraction of sp³-hybridized carbons (Fsp3) is 0.444. The molecule has 2 aliphatic rings. The topological polar surface area (TPSA) is 75.8 Å². The molecule has 1 saturated carbocycles. The summed E-state index contributed by atoms with van der Waals surface area (Å²) >= 11 is 6.26. The van der Waals surface area contributed by atoms with E-state index in [9.17, 15) is 9.90 Å². The molecule has 132 valence electrons. The van der Waals surface area contributed by atoms with E-state index in [0.29, 0.717) is 42.1 Å². The number of rotatable bonds is 5. The summed E-state index contributed by atoms with van der Waals surface area (Å²) in [5.41, 5.74) is 1.47. The van der Waals surface area contributed by atoms with Gasteiger partial charge in [-0.25, -0.2) is 4.98 Å². The molecule has 2 fully saturated rings. The number of hydrogen-bond donors (Lipinski definition) is 1. The molecule has 2 aromatic rings. The van der Waals surface area contributed by atoms with Gasteiger partial charge in [0.05, 0.1) is 11.1 Å². The van der Waals surface area contributed by atoms with Gasteiger partial charge in [0.2, 0.25) is 5.89 Å². The Labute approximate surface area is 150 Å². The van der Waals surface area contributed by atoms with Gasteiger partial charge in [-0.3, -0.25) is 4.79 Å². The summed E-state index contributed by atoms with van der Waals surface area (Å²) < 4.78 is 11.0. The molecule has 1 aliphatic heterocycles. The summed E-state index contributed by atoms with van der Waals surface area (Å²) in [4.78, 5) is 18.0. The van der Waals surface area contributed by atoms with Crippen molar-refractivity contribution in [2.24, 2.45) is 0 Å². The molecule has 1 unspecified atom stereocenters. The molecule has 1 aliphatic carbocycles. The van der Waals surface area contributed by atoms with Gasteiger partial charge in [0.1, 0.15) is 12.0 Å². The molecule has 7 heteroatoms. The van der Waals surface area contributed by atoms with Crippen LogP contribution in [-0.2, 0) is 6.61 Å². The van der Waals surface area contributed by atoms with E-state index in [2.05, 4.69) is 4.98 Å². The SMILES string of the molecule is O=C(c1coc(COc2ccc(C3CC3)cc2Cl)n1)N1CCC(O)C1. The third kappa shape index (κ3) is 3.65. The highest BCUT2D eigenvalue weighted by Crippen LogP contribution is 2.42. The zero-order chi connectivity index (χ0) is 17.4. The first kappa shape index (κ1) is 16.4. The van der Waals surface area contributed by atoms with Crippen molar-refractivity contribution in [3.05, 3.63) is 46.6 Å². The number of ether oxygens (including phenoxy) is 1. The van der Waals surface area contributed by atoms with Crippen LogP contribution >= 0.6 is 11.6 Å². The van der Waals surface area contributed by atoms with Crippen molar-refractivity contribution in [1.29, 1.82) is 0 Å². The predicted molar refractivity (Wildman–Crippen MR) is 90.8 cm³/mol. The number of nitrogens with zero attached hydrogens (tertiary/aromatic N) is 2. The molecule has 1 N–H and O–H groups in total. The van der Waals surface area contributed by atoms with Crippen LogP contribution in [-0.4, -0.2) is 40.1 Å². The maximum atomic E-state index is 12.3. The fourth-order valence-corrected chi connectivity index (χ4v) is 3.25. The molecule has 25 heavy (non-hydrogen) atoms. The third-order valence-corrected chi connectivity index (χ3v) is 4.87. The van der Waals surface area contributed by atoms with Crippen molar-refractivity contribution in [2.75, 3.05) is 13.1 Å². The Hall–Kier alpha value is -2.05. The number of carbonyl (C=O) groups excluding carboxylic acids is 1. The second-order valence-corrected chi connectivity index (χ2v) is 6.98. The minimum absolute atomic E-state index is 0.0956. The first-order chi connectivity index (χ1) is 12.1. The van der Waals surface area contributed by atoms with Crippen molar-refractivity contribution < 1.29 is 19.1 Å². The van der Waals surface area contributed by atoms with Gasteiger partial charge in [-0.15, -0.1) is 0 Å². The normalized spacial score (nSPS) is 20.1. The van der Waals surface area contributed by atoms with Gasteiger partial charge in [0.25, 0.3) is 5.91 Å². The lowest BCUT2D eigenvalue weighted by Crippen LogP contribution is -2.29. The zero-order valence-electron chi connectivity index (χ0n) is 13.7. The molecule has 2 heterocycles. The molecule has 4 rings (SSSR count). The Morgan fingerprint density at radius 2 is 2.24 bits per heavy atom. The third-order valence-electron chi connectivity index (χ3n) is 4.58. The Morgan fingerprint density at radius 3 is 2.92 bits per heavy atom. The van der Waals surface area contributed by atoms with Gasteiger partial charge in [0.15, 0.2) is 12.3 Å². The number of aliphatic hydroxyl groups is 1. The summed E-state index contributed by atoms with van der Waals surface area (Å²) in [5.74, 6) is 1.28. The standard InChI is InChI=1S/C18H19ClN2O4/c19-14-7-12(11-1-2-11)3-4-16(14)24-10-17-20-15(9-25-17)18(23)21-6-5-13(22)8-21/h3-4,7,9,11,13,22H,1-2,5-6,8,10H2. The predicted octanol–water partition coefficient (Wildman–Crippen LogP) is 2.99. The average molecular weight is 363 g/mol. The van der Waals surface area contributed by atoms with Crippen LogP contribution < -0.4 is 4.74 Å². The molecule has 0 bridgehead atoms. The number of hydrogen-bond acceptors (Lipinski definition) is 5. The van der Waals surface area contributed by atoms with Crippen LogP contribution in [0.25, 0.3) is 0 Å². The molecule has 0 spiro atoms. The van der Waals surface area contributed by atoms with Crippen LogP contribution in [0, 0.1) is 0 Å². The Bertz CT molecular complexity index is 787. The molecule has 1 amide bonds. The number of oxazole rings is 1. The second-order valence-electron chi connectivity index (χ2n) is 6.57. The number of β-amino-alcohol motifs (C(OH)–C–C–N with tert-alkyl or cyclic N) is 1. The lowest BCUT2D eigenvalue weighted by Gasteiger charge is -2.12. The van der Waals surface area contributed by atoms with Gasteiger partial charge >= 0.3 is 0 Å². The molecular formula is C18H19ClN2O4. The van der Waals surface area contributed by atoms with E-state index >= 15 is 0 Å². The van der Waals surface area contributed by atoms with Gasteiger partial charge in [-0.2, -0.15) is 0 Å². The van der Waals surface area contributed by atoms with Crippen LogP contribution in [0.1, 0.15) is 47.1 Å². The van der Waals surface area contributed by atoms with E-state index in [1.54, 1.807) is 4.90 Å². The molecule has 1 atom stereocenters. The number of benzene rings is 1. The van der Waals surface area contributed by atoms with Crippen molar-refractivity contribution in [3.63, 3.8) is 0 Å². The van der Waals surface area contributed by atoms with Crippen LogP contribution in [0.5, 0.6) is 5.75 Å². The number of carbonyl (C=O) groups is 1. The highest BCUT2D eigenvalue weighted by molar-refractivity contribution is 6.32. The molecule has 1 saturated heterocycles. The van der Waals surface area contributed by atoms with Crippen LogP contribution in [0.2, 0.25) is 5.02 Å². The maximum Gasteiger partial charge on any atom is 0.275 e. The first-order valence-electron chi connectivity index (χ1n) is 8.44. The summed E-state index contributed by atoms with van der Waals surface area (Å²) in [7, 11) is 0. The molecular weight excluding hydrogens is 344 g/mol. The summed E-state index contributed by atoms with van der Waals surface area (Å²) in [6, 6.07) is 5.83. The average Bonchev–Trinajstić information content (AvgIpc) is 3.19. The first-order valence-corrected chi connectivity index (χ1v) is 8.82. The molecule has 1 aromatic carbocycles. The number of likely N-dealkylation sites (tertiary alicyclic amines) is 1. The summed E-state index contributed by atoms with van der Waals surface area (Å²) in [6.07, 6.45) is 3.90. The van der Waals surface area contributed by atoms with Crippen LogP contribution in [0.4, 0.5) is 0 Å². The highest BCUT2D eigenvalue weighted by atomic mass is 35.5. The number of halogens is 1. The fourth-order valence-electron chi connectivity index (χ4n) is 3.01. The van der Waals surface area contributed by atoms with E-state index in [4.69, 9.17) is 20.8 Å². The number of aliphatic hydroxyl groups excluding tert-OH is 1. The Balaban J connectivity index is 1.37. The van der Waals surface area contributed by atoms with Gasteiger partial charge in [-0.1, -0.05) is 17.7 Å². The molecule has 6 nitrogen and oxygen atoms in total. The number of amides is 1. The van der Waals surface area contributed by atoms with E-state index in [1.165, 1.54) is 24.7 Å². The Kier molecular flexibility index (Phi) is 4.39. The van der Waals surface area contributed by atoms with Crippen molar-refractivity contribution in [3.8, 4) is 5.75 Å². The van der Waals surface area contributed by atoms with Crippen molar-refractivity contribution >= 4 is 17.5 Å². The minimum atomic E-state index is -0.459. The maximum absolute atomic E-state index is 12.3. The Morgan fingerprint density at radius 1 is 1.40 bits per heavy atom. The largest absolute Gasteiger partial charge is 0.482 e. The quantitative estimate of drug-likeness (QED) is 0.884. The van der Waals surface area contributed by atoms with E-state index < -0.39 is 6.10 Å². The second kappa shape index (κ2) is 6.69. The molecule has 0 radical (unpaired) electrons. The minimum Gasteiger partial charge on any atom is -0.482 e. The highest BCUT2D eigenvalue weighted by Gasteiger charge is 2.27. The lowest BCUT2D eigenvalue weighted by atomic mass is 10.1. The van der Waals surface area contributed by atoms with E-state index in [0.717, 1.165) is 0 Å². The van der Waals surface area contributed by atoms with E-state index in [-0.39, 0.29) is 18.2 Å². The lowest BCUT2D eigenvalue weighted by molar-refractivity contribution is 0.0759. The van der Waals surface area contributed by atoms with Gasteiger partial charge in [0, 0.05) is 13.1 Å². The van der Waals surface area contributed by atoms with Crippen molar-refractivity contribution in [2.45, 2.75) is 37.9 Å². The monoisotopic (exact) mass is 362 g/mol. The summed E-state index contributed by atoms with van der Waals surface area (Å²) in [6.45, 7) is 0.959. The van der Waals surface area contributed by atoms with Crippen molar-refractivity contribution in [1.82, 2.24) is 9.88 Å². The van der Waals surface area contributed by atoms with Crippen LogP contribution in [0.15, 0.2) is 28.9 Å². The zero-order valence-corrected chi connectivity index (χ0v) is 14.4. The summed E-state index contributed by atoms with van der Waals surface area (Å²) in [5, 5.41) is 10.1. The van der Waals surface area contributed by atoms with Gasteiger partial charge < -0.3 is 19.2 Å². The number of aromatic nitrogens is 1.